The van der Waals surface area contributed by atoms with E-state index in [-0.39, 0.29) is 31.1 Å². The van der Waals surface area contributed by atoms with Crippen molar-refractivity contribution in [3.05, 3.63) is 97.2 Å². The number of esters is 3. The first-order chi connectivity index (χ1) is 30.0. The van der Waals surface area contributed by atoms with Gasteiger partial charge >= 0.3 is 17.9 Å². The van der Waals surface area contributed by atoms with E-state index in [9.17, 15) is 14.4 Å². The van der Waals surface area contributed by atoms with Gasteiger partial charge < -0.3 is 14.2 Å². The van der Waals surface area contributed by atoms with Gasteiger partial charge in [-0.05, 0) is 57.8 Å². The lowest BCUT2D eigenvalue weighted by Gasteiger charge is -2.18. The summed E-state index contributed by atoms with van der Waals surface area (Å²) in [7, 11) is 0. The molecule has 0 aromatic heterocycles. The lowest BCUT2D eigenvalue weighted by molar-refractivity contribution is -0.167. The molecular formula is C55H90O6. The van der Waals surface area contributed by atoms with Gasteiger partial charge in [-0.3, -0.25) is 14.4 Å². The number of hydrogen-bond donors (Lipinski definition) is 0. The summed E-state index contributed by atoms with van der Waals surface area (Å²) < 4.78 is 16.7. The molecule has 0 N–H and O–H groups in total. The molecule has 0 amide bonds. The largest absolute Gasteiger partial charge is 0.462 e. The summed E-state index contributed by atoms with van der Waals surface area (Å²) in [5, 5.41) is 0. The molecule has 0 aromatic carbocycles. The van der Waals surface area contributed by atoms with E-state index in [0.29, 0.717) is 19.3 Å². The zero-order valence-corrected chi connectivity index (χ0v) is 39.4. The predicted molar refractivity (Wildman–Crippen MR) is 260 cm³/mol. The molecule has 0 rings (SSSR count). The first-order valence-corrected chi connectivity index (χ1v) is 24.8. The molecule has 0 spiro atoms. The third-order valence-electron chi connectivity index (χ3n) is 10.3. The van der Waals surface area contributed by atoms with Gasteiger partial charge in [0.1, 0.15) is 13.2 Å². The second-order valence-corrected chi connectivity index (χ2v) is 16.2. The van der Waals surface area contributed by atoms with Gasteiger partial charge in [-0.2, -0.15) is 0 Å². The van der Waals surface area contributed by atoms with E-state index in [1.54, 1.807) is 0 Å². The maximum atomic E-state index is 12.8. The molecule has 0 fully saturated rings. The first-order valence-electron chi connectivity index (χ1n) is 24.8. The van der Waals surface area contributed by atoms with Gasteiger partial charge in [0.15, 0.2) is 6.10 Å². The zero-order chi connectivity index (χ0) is 44.4. The maximum Gasteiger partial charge on any atom is 0.306 e. The number of allylic oxidation sites excluding steroid dienone is 16. The number of carbonyl (C=O) groups excluding carboxylic acids is 3. The summed E-state index contributed by atoms with van der Waals surface area (Å²) in [4.78, 5) is 37.9. The number of rotatable bonds is 43. The van der Waals surface area contributed by atoms with Gasteiger partial charge in [-0.1, -0.05) is 234 Å². The van der Waals surface area contributed by atoms with Crippen molar-refractivity contribution in [2.45, 2.75) is 219 Å². The Balaban J connectivity index is 4.48. The van der Waals surface area contributed by atoms with E-state index < -0.39 is 6.10 Å². The topological polar surface area (TPSA) is 78.9 Å². The fourth-order valence-corrected chi connectivity index (χ4v) is 6.58. The Labute approximate surface area is 375 Å². The SMILES string of the molecule is CC\C=C/C=C\C=C/C=C\CCCCCCCC(=O)OCC(COC(=O)CCCCC\C=C/C=C\C=C/C=C\CC)OC(=O)CCCCCCCCCCCCCCCCC. The molecule has 0 aliphatic rings. The smallest absolute Gasteiger partial charge is 0.306 e. The molecular weight excluding hydrogens is 757 g/mol. The molecule has 61 heavy (non-hydrogen) atoms. The Morgan fingerprint density at radius 3 is 1.02 bits per heavy atom. The van der Waals surface area contributed by atoms with Gasteiger partial charge in [-0.15, -0.1) is 0 Å². The second-order valence-electron chi connectivity index (χ2n) is 16.2. The summed E-state index contributed by atoms with van der Waals surface area (Å²) in [6.07, 6.45) is 63.9. The van der Waals surface area contributed by atoms with Crippen molar-refractivity contribution in [1.29, 1.82) is 0 Å². The van der Waals surface area contributed by atoms with E-state index in [2.05, 4.69) is 57.2 Å². The van der Waals surface area contributed by atoms with Crippen LogP contribution in [-0.2, 0) is 28.6 Å². The van der Waals surface area contributed by atoms with Crippen LogP contribution in [-0.4, -0.2) is 37.2 Å². The summed E-state index contributed by atoms with van der Waals surface area (Å²) in [5.41, 5.74) is 0. The van der Waals surface area contributed by atoms with E-state index in [1.807, 2.05) is 60.8 Å². The number of carbonyl (C=O) groups is 3. The molecule has 6 nitrogen and oxygen atoms in total. The summed E-state index contributed by atoms with van der Waals surface area (Å²) in [5.74, 6) is -0.966. The van der Waals surface area contributed by atoms with Crippen molar-refractivity contribution in [3.63, 3.8) is 0 Å². The lowest BCUT2D eigenvalue weighted by atomic mass is 10.0. The van der Waals surface area contributed by atoms with Gasteiger partial charge in [0, 0.05) is 19.3 Å². The Kier molecular flexibility index (Phi) is 46.0. The molecule has 1 atom stereocenters. The van der Waals surface area contributed by atoms with Crippen LogP contribution in [0, 0.1) is 0 Å². The van der Waals surface area contributed by atoms with Gasteiger partial charge in [0.05, 0.1) is 0 Å². The Hall–Kier alpha value is -3.67. The average molecular weight is 847 g/mol. The fraction of sp³-hybridized carbons (Fsp3) is 0.655. The highest BCUT2D eigenvalue weighted by atomic mass is 16.6. The quantitative estimate of drug-likeness (QED) is 0.0263. The van der Waals surface area contributed by atoms with Crippen LogP contribution in [0.2, 0.25) is 0 Å². The van der Waals surface area contributed by atoms with E-state index >= 15 is 0 Å². The normalized spacial score (nSPS) is 12.9. The van der Waals surface area contributed by atoms with Crippen LogP contribution in [0.25, 0.3) is 0 Å². The molecule has 0 radical (unpaired) electrons. The second kappa shape index (κ2) is 49.0. The minimum atomic E-state index is -0.802. The van der Waals surface area contributed by atoms with E-state index in [0.717, 1.165) is 96.3 Å². The van der Waals surface area contributed by atoms with Crippen molar-refractivity contribution in [2.75, 3.05) is 13.2 Å². The molecule has 1 unspecified atom stereocenters. The summed E-state index contributed by atoms with van der Waals surface area (Å²) >= 11 is 0. The summed E-state index contributed by atoms with van der Waals surface area (Å²) in [6, 6.07) is 0. The van der Waals surface area contributed by atoms with Crippen LogP contribution < -0.4 is 0 Å². The van der Waals surface area contributed by atoms with Gasteiger partial charge in [0.25, 0.3) is 0 Å². The third-order valence-corrected chi connectivity index (χ3v) is 10.3. The maximum absolute atomic E-state index is 12.8. The molecule has 0 saturated heterocycles. The predicted octanol–water partition coefficient (Wildman–Crippen LogP) is 16.2. The van der Waals surface area contributed by atoms with Gasteiger partial charge in [0.2, 0.25) is 0 Å². The Morgan fingerprint density at radius 1 is 0.344 bits per heavy atom. The van der Waals surface area contributed by atoms with Crippen LogP contribution in [0.15, 0.2) is 97.2 Å². The van der Waals surface area contributed by atoms with Crippen LogP contribution in [0.3, 0.4) is 0 Å². The Morgan fingerprint density at radius 2 is 0.639 bits per heavy atom. The van der Waals surface area contributed by atoms with Crippen molar-refractivity contribution in [2.24, 2.45) is 0 Å². The standard InChI is InChI=1S/C55H90O6/c1-4-7-10-13-16-19-22-25-27-30-33-36-39-42-45-48-54(57)60-51-52(50-59-53(56)47-44-41-38-35-32-29-24-21-18-15-12-9-6-3)61-55(58)49-46-43-40-37-34-31-28-26-23-20-17-14-11-8-5-2/h7,9-10,12-13,15-16,18-19,21-22,24-25,27,29,32,52H,4-6,8,11,14,17,20,23,26,28,30-31,33-51H2,1-3H3/b10-7-,12-9-,16-13-,18-15-,22-19-,24-21-,27-25-,32-29-. The highest BCUT2D eigenvalue weighted by Gasteiger charge is 2.19. The van der Waals surface area contributed by atoms with Crippen LogP contribution in [0.4, 0.5) is 0 Å². The van der Waals surface area contributed by atoms with Crippen molar-refractivity contribution >= 4 is 17.9 Å². The Bertz CT molecular complexity index is 1250. The monoisotopic (exact) mass is 847 g/mol. The number of ether oxygens (including phenoxy) is 3. The molecule has 0 heterocycles. The van der Waals surface area contributed by atoms with E-state index in [4.69, 9.17) is 14.2 Å². The molecule has 0 aliphatic carbocycles. The highest BCUT2D eigenvalue weighted by Crippen LogP contribution is 2.15. The molecule has 0 saturated carbocycles. The van der Waals surface area contributed by atoms with Crippen LogP contribution >= 0.6 is 0 Å². The van der Waals surface area contributed by atoms with Crippen LogP contribution in [0.5, 0.6) is 0 Å². The minimum Gasteiger partial charge on any atom is -0.462 e. The molecule has 6 heteroatoms. The number of hydrogen-bond acceptors (Lipinski definition) is 6. The molecule has 0 bridgehead atoms. The summed E-state index contributed by atoms with van der Waals surface area (Å²) in [6.45, 7) is 6.30. The lowest BCUT2D eigenvalue weighted by Crippen LogP contribution is -2.30. The fourth-order valence-electron chi connectivity index (χ4n) is 6.58. The average Bonchev–Trinajstić information content (AvgIpc) is 3.26. The molecule has 0 aromatic rings. The number of unbranched alkanes of at least 4 members (excludes halogenated alkanes) is 22. The highest BCUT2D eigenvalue weighted by molar-refractivity contribution is 5.71. The van der Waals surface area contributed by atoms with Crippen molar-refractivity contribution in [1.82, 2.24) is 0 Å². The molecule has 0 aliphatic heterocycles. The zero-order valence-electron chi connectivity index (χ0n) is 39.4. The van der Waals surface area contributed by atoms with Crippen molar-refractivity contribution < 1.29 is 28.6 Å². The van der Waals surface area contributed by atoms with Crippen LogP contribution in [0.1, 0.15) is 213 Å². The first kappa shape index (κ1) is 57.3. The third kappa shape index (κ3) is 47.2. The van der Waals surface area contributed by atoms with Crippen molar-refractivity contribution in [3.8, 4) is 0 Å². The minimum absolute atomic E-state index is 0.102. The van der Waals surface area contributed by atoms with E-state index in [1.165, 1.54) is 77.0 Å². The van der Waals surface area contributed by atoms with Gasteiger partial charge in [-0.25, -0.2) is 0 Å². The molecule has 346 valence electrons.